The Morgan fingerprint density at radius 3 is 2.81 bits per heavy atom. The van der Waals surface area contributed by atoms with Crippen LogP contribution in [-0.4, -0.2) is 32.6 Å². The third-order valence-electron chi connectivity index (χ3n) is 6.52. The van der Waals surface area contributed by atoms with Crippen molar-refractivity contribution < 1.29 is 5.11 Å². The van der Waals surface area contributed by atoms with Crippen molar-refractivity contribution in [3.05, 3.63) is 65.1 Å². The number of hydrogen-bond donors (Lipinski definition) is 1. The number of fused-ring (bicyclic) bond motifs is 6. The second-order valence-corrected chi connectivity index (χ2v) is 8.13. The topological polar surface area (TPSA) is 41.3 Å². The molecule has 140 valence electrons. The molecule has 1 aromatic carbocycles. The van der Waals surface area contributed by atoms with E-state index in [0.717, 1.165) is 12.0 Å². The van der Waals surface area contributed by atoms with Crippen molar-refractivity contribution in [2.75, 3.05) is 13.1 Å². The SMILES string of the molecule is CCC1c2c(c3cc(C)ccc3n2CC(O)c2ccncc2)C2CCN1C2. The fourth-order valence-electron chi connectivity index (χ4n) is 5.29. The van der Waals surface area contributed by atoms with E-state index in [9.17, 15) is 5.11 Å². The summed E-state index contributed by atoms with van der Waals surface area (Å²) in [6, 6.07) is 11.1. The van der Waals surface area contributed by atoms with Gasteiger partial charge in [-0.25, -0.2) is 0 Å². The van der Waals surface area contributed by atoms with Gasteiger partial charge in [-0.2, -0.15) is 0 Å². The highest BCUT2D eigenvalue weighted by atomic mass is 16.3. The first-order chi connectivity index (χ1) is 13.2. The van der Waals surface area contributed by atoms with E-state index in [0.29, 0.717) is 18.5 Å². The molecule has 1 N–H and O–H groups in total. The van der Waals surface area contributed by atoms with Gasteiger partial charge in [-0.05, 0) is 61.7 Å². The Morgan fingerprint density at radius 1 is 1.22 bits per heavy atom. The molecular weight excluding hydrogens is 334 g/mol. The number of rotatable bonds is 4. The van der Waals surface area contributed by atoms with Gasteiger partial charge in [0.1, 0.15) is 0 Å². The van der Waals surface area contributed by atoms with Gasteiger partial charge in [-0.15, -0.1) is 0 Å². The molecule has 4 heterocycles. The van der Waals surface area contributed by atoms with Crippen LogP contribution in [0.4, 0.5) is 0 Å². The van der Waals surface area contributed by atoms with Crippen molar-refractivity contribution in [3.8, 4) is 0 Å². The van der Waals surface area contributed by atoms with E-state index < -0.39 is 6.10 Å². The van der Waals surface area contributed by atoms with Gasteiger partial charge in [0.25, 0.3) is 0 Å². The third-order valence-corrected chi connectivity index (χ3v) is 6.52. The minimum absolute atomic E-state index is 0.455. The summed E-state index contributed by atoms with van der Waals surface area (Å²) in [6.45, 7) is 7.44. The number of pyridine rings is 1. The van der Waals surface area contributed by atoms with E-state index in [1.165, 1.54) is 41.7 Å². The largest absolute Gasteiger partial charge is 0.387 e. The van der Waals surface area contributed by atoms with Crippen LogP contribution in [0.25, 0.3) is 10.9 Å². The van der Waals surface area contributed by atoms with E-state index in [4.69, 9.17) is 0 Å². The molecule has 2 aliphatic rings. The first-order valence-corrected chi connectivity index (χ1v) is 10.1. The molecule has 2 aliphatic heterocycles. The molecule has 2 aromatic heterocycles. The average molecular weight is 361 g/mol. The molecule has 2 bridgehead atoms. The van der Waals surface area contributed by atoms with Crippen LogP contribution in [-0.2, 0) is 6.54 Å². The summed E-state index contributed by atoms with van der Waals surface area (Å²) in [6.07, 6.45) is 5.35. The monoisotopic (exact) mass is 361 g/mol. The zero-order chi connectivity index (χ0) is 18.5. The summed E-state index contributed by atoms with van der Waals surface area (Å²) in [5, 5.41) is 12.4. The molecule has 0 saturated carbocycles. The fourth-order valence-corrected chi connectivity index (χ4v) is 5.29. The number of benzene rings is 1. The lowest BCUT2D eigenvalue weighted by atomic mass is 9.89. The first kappa shape index (κ1) is 17.0. The van der Waals surface area contributed by atoms with Gasteiger partial charge in [0, 0.05) is 41.5 Å². The van der Waals surface area contributed by atoms with Crippen molar-refractivity contribution >= 4 is 10.9 Å². The predicted octanol–water partition coefficient (Wildman–Crippen LogP) is 4.33. The summed E-state index contributed by atoms with van der Waals surface area (Å²) in [4.78, 5) is 6.73. The van der Waals surface area contributed by atoms with E-state index in [-0.39, 0.29) is 0 Å². The van der Waals surface area contributed by atoms with E-state index >= 15 is 0 Å². The fraction of sp³-hybridized carbons (Fsp3) is 0.435. The van der Waals surface area contributed by atoms with Crippen LogP contribution >= 0.6 is 0 Å². The van der Waals surface area contributed by atoms with Gasteiger partial charge in [-0.3, -0.25) is 9.88 Å². The molecular formula is C23H27N3O. The highest BCUT2D eigenvalue weighted by Crippen LogP contribution is 2.48. The Hall–Kier alpha value is -2.17. The van der Waals surface area contributed by atoms with Gasteiger partial charge < -0.3 is 9.67 Å². The van der Waals surface area contributed by atoms with Crippen LogP contribution in [0, 0.1) is 6.92 Å². The van der Waals surface area contributed by atoms with Crippen LogP contribution in [0.3, 0.4) is 0 Å². The molecule has 27 heavy (non-hydrogen) atoms. The van der Waals surface area contributed by atoms with Gasteiger partial charge in [0.2, 0.25) is 0 Å². The second-order valence-electron chi connectivity index (χ2n) is 8.13. The van der Waals surface area contributed by atoms with Crippen LogP contribution in [0.15, 0.2) is 42.7 Å². The molecule has 4 unspecified atom stereocenters. The van der Waals surface area contributed by atoms with Gasteiger partial charge >= 0.3 is 0 Å². The highest BCUT2D eigenvalue weighted by Gasteiger charge is 2.41. The standard InChI is InChI=1S/C23H27N3O/c1-3-19-23-22(17-8-11-25(19)13-17)18-12-15(2)4-5-20(18)26(23)14-21(27)16-6-9-24-10-7-16/h4-7,9-10,12,17,19,21,27H,3,8,11,13-14H2,1-2H3. The van der Waals surface area contributed by atoms with Crippen LogP contribution in [0.1, 0.15) is 60.2 Å². The molecule has 0 spiro atoms. The molecule has 0 radical (unpaired) electrons. The number of aryl methyl sites for hydroxylation is 1. The lowest BCUT2D eigenvalue weighted by Gasteiger charge is -2.34. The van der Waals surface area contributed by atoms with E-state index in [1.807, 2.05) is 12.1 Å². The smallest absolute Gasteiger partial charge is 0.0970 e. The predicted molar refractivity (Wildman–Crippen MR) is 108 cm³/mol. The number of aliphatic hydroxyl groups excluding tert-OH is 1. The normalized spacial score (nSPS) is 24.9. The van der Waals surface area contributed by atoms with Gasteiger partial charge in [0.15, 0.2) is 0 Å². The molecule has 4 nitrogen and oxygen atoms in total. The lowest BCUT2D eigenvalue weighted by molar-refractivity contribution is 0.150. The average Bonchev–Trinajstić information content (AvgIpc) is 3.24. The molecule has 4 atom stereocenters. The van der Waals surface area contributed by atoms with Gasteiger partial charge in [-0.1, -0.05) is 18.6 Å². The first-order valence-electron chi connectivity index (χ1n) is 10.1. The Balaban J connectivity index is 1.69. The summed E-state index contributed by atoms with van der Waals surface area (Å²) in [5.74, 6) is 0.631. The van der Waals surface area contributed by atoms with Crippen LogP contribution in [0.2, 0.25) is 0 Å². The lowest BCUT2D eigenvalue weighted by Crippen LogP contribution is -2.32. The molecule has 4 heteroatoms. The summed E-state index contributed by atoms with van der Waals surface area (Å²) in [5.41, 5.74) is 6.51. The number of aliphatic hydroxyl groups is 1. The maximum atomic E-state index is 11.0. The zero-order valence-electron chi connectivity index (χ0n) is 16.1. The number of hydrogen-bond acceptors (Lipinski definition) is 3. The summed E-state index contributed by atoms with van der Waals surface area (Å²) < 4.78 is 2.41. The quantitative estimate of drug-likeness (QED) is 0.752. The molecule has 1 fully saturated rings. The van der Waals surface area contributed by atoms with E-state index in [1.54, 1.807) is 18.0 Å². The number of aromatic nitrogens is 2. The molecule has 0 amide bonds. The summed E-state index contributed by atoms with van der Waals surface area (Å²) >= 11 is 0. The van der Waals surface area contributed by atoms with Crippen molar-refractivity contribution in [2.45, 2.75) is 51.3 Å². The Morgan fingerprint density at radius 2 is 2.04 bits per heavy atom. The maximum Gasteiger partial charge on any atom is 0.0970 e. The summed E-state index contributed by atoms with van der Waals surface area (Å²) in [7, 11) is 0. The second kappa shape index (κ2) is 6.47. The molecule has 1 saturated heterocycles. The van der Waals surface area contributed by atoms with Crippen LogP contribution in [0.5, 0.6) is 0 Å². The zero-order valence-corrected chi connectivity index (χ0v) is 16.1. The Labute approximate surface area is 160 Å². The molecule has 0 aliphatic carbocycles. The van der Waals surface area contributed by atoms with Crippen LogP contribution < -0.4 is 0 Å². The van der Waals surface area contributed by atoms with Gasteiger partial charge in [0.05, 0.1) is 18.7 Å². The van der Waals surface area contributed by atoms with Crippen molar-refractivity contribution in [1.82, 2.24) is 14.5 Å². The highest BCUT2D eigenvalue weighted by molar-refractivity contribution is 5.87. The Bertz CT molecular complexity index is 978. The maximum absolute atomic E-state index is 11.0. The van der Waals surface area contributed by atoms with Crippen molar-refractivity contribution in [3.63, 3.8) is 0 Å². The minimum atomic E-state index is -0.527. The van der Waals surface area contributed by atoms with Crippen molar-refractivity contribution in [2.24, 2.45) is 0 Å². The van der Waals surface area contributed by atoms with Crippen molar-refractivity contribution in [1.29, 1.82) is 0 Å². The Kier molecular flexibility index (Phi) is 4.06. The number of nitrogens with zero attached hydrogens (tertiary/aromatic N) is 3. The molecule has 3 aromatic rings. The minimum Gasteiger partial charge on any atom is -0.387 e. The third kappa shape index (κ3) is 2.62. The van der Waals surface area contributed by atoms with E-state index in [2.05, 4.69) is 46.5 Å². The molecule has 5 rings (SSSR count).